The number of thiazole rings is 1. The van der Waals surface area contributed by atoms with E-state index in [1.54, 1.807) is 11.3 Å². The number of aromatic nitrogens is 1. The molecular weight excluding hydrogens is 290 g/mol. The fraction of sp³-hybridized carbons (Fsp3) is 0.500. The highest BCUT2D eigenvalue weighted by molar-refractivity contribution is 7.13. The highest BCUT2D eigenvalue weighted by Gasteiger charge is 2.21. The van der Waals surface area contributed by atoms with E-state index in [1.807, 2.05) is 0 Å². The molecule has 2 heterocycles. The Labute approximate surface area is 137 Å². The van der Waals surface area contributed by atoms with E-state index >= 15 is 0 Å². The van der Waals surface area contributed by atoms with E-state index in [4.69, 9.17) is 0 Å². The monoisotopic (exact) mass is 315 g/mol. The van der Waals surface area contributed by atoms with Crippen LogP contribution in [0.5, 0.6) is 0 Å². The van der Waals surface area contributed by atoms with Gasteiger partial charge in [-0.25, -0.2) is 4.98 Å². The lowest BCUT2D eigenvalue weighted by molar-refractivity contribution is 0.180. The second-order valence-electron chi connectivity index (χ2n) is 6.36. The Morgan fingerprint density at radius 3 is 2.59 bits per heavy atom. The molecule has 1 aromatic carbocycles. The molecule has 22 heavy (non-hydrogen) atoms. The molecule has 0 unspecified atom stereocenters. The van der Waals surface area contributed by atoms with Gasteiger partial charge in [0.25, 0.3) is 0 Å². The maximum absolute atomic E-state index is 4.58. The van der Waals surface area contributed by atoms with Crippen LogP contribution in [0.2, 0.25) is 0 Å². The molecular formula is C18H25N3S. The summed E-state index contributed by atoms with van der Waals surface area (Å²) in [6.45, 7) is 6.71. The largest absolute Gasteiger partial charge is 0.351 e. The zero-order chi connectivity index (χ0) is 15.4. The quantitative estimate of drug-likeness (QED) is 0.836. The lowest BCUT2D eigenvalue weighted by Crippen LogP contribution is -2.37. The average Bonchev–Trinajstić information content (AvgIpc) is 2.97. The molecule has 1 aliphatic rings. The van der Waals surface area contributed by atoms with Crippen LogP contribution < -0.4 is 4.90 Å². The van der Waals surface area contributed by atoms with Gasteiger partial charge in [-0.3, -0.25) is 4.90 Å². The maximum Gasteiger partial charge on any atom is 0.185 e. The molecule has 0 aliphatic carbocycles. The fourth-order valence-electron chi connectivity index (χ4n) is 3.15. The van der Waals surface area contributed by atoms with Crippen LogP contribution in [0, 0.1) is 12.8 Å². The van der Waals surface area contributed by atoms with Gasteiger partial charge in [0, 0.05) is 25.5 Å². The summed E-state index contributed by atoms with van der Waals surface area (Å²) in [4.78, 5) is 9.49. The van der Waals surface area contributed by atoms with Crippen molar-refractivity contribution in [2.75, 3.05) is 31.6 Å². The van der Waals surface area contributed by atoms with Gasteiger partial charge < -0.3 is 4.90 Å². The van der Waals surface area contributed by atoms with Crippen LogP contribution in [0.25, 0.3) is 0 Å². The van der Waals surface area contributed by atoms with Crippen LogP contribution >= 0.6 is 11.3 Å². The van der Waals surface area contributed by atoms with Crippen molar-refractivity contribution in [3.05, 3.63) is 47.0 Å². The smallest absolute Gasteiger partial charge is 0.185 e. The first-order valence-corrected chi connectivity index (χ1v) is 8.98. The van der Waals surface area contributed by atoms with Gasteiger partial charge in [-0.1, -0.05) is 30.3 Å². The number of benzene rings is 1. The van der Waals surface area contributed by atoms with Crippen molar-refractivity contribution in [2.24, 2.45) is 5.92 Å². The molecule has 0 N–H and O–H groups in total. The Kier molecular flexibility index (Phi) is 5.11. The predicted octanol–water partition coefficient (Wildman–Crippen LogP) is 3.80. The molecule has 4 heteroatoms. The predicted molar refractivity (Wildman–Crippen MR) is 94.6 cm³/mol. The first-order valence-electron chi connectivity index (χ1n) is 8.10. The molecule has 1 aromatic heterocycles. The zero-order valence-electron chi connectivity index (χ0n) is 13.5. The number of anilines is 1. The van der Waals surface area contributed by atoms with Gasteiger partial charge in [-0.15, -0.1) is 11.3 Å². The van der Waals surface area contributed by atoms with Crippen LogP contribution in [-0.4, -0.2) is 36.6 Å². The summed E-state index contributed by atoms with van der Waals surface area (Å²) in [7, 11) is 2.18. The second-order valence-corrected chi connectivity index (χ2v) is 7.19. The number of rotatable bonds is 5. The van der Waals surface area contributed by atoms with E-state index in [-0.39, 0.29) is 0 Å². The highest BCUT2D eigenvalue weighted by Crippen LogP contribution is 2.24. The SMILES string of the molecule is Cc1csc(N(C)CC2CCN(Cc3ccccc3)CC2)n1. The van der Waals surface area contributed by atoms with Crippen molar-refractivity contribution < 1.29 is 0 Å². The molecule has 1 aliphatic heterocycles. The van der Waals surface area contributed by atoms with Gasteiger partial charge in [-0.05, 0) is 44.3 Å². The van der Waals surface area contributed by atoms with E-state index < -0.39 is 0 Å². The van der Waals surface area contributed by atoms with Crippen molar-refractivity contribution in [1.29, 1.82) is 0 Å². The topological polar surface area (TPSA) is 19.4 Å². The standard InChI is InChI=1S/C18H25N3S/c1-15-14-22-18(19-15)20(2)12-17-8-10-21(11-9-17)13-16-6-4-3-5-7-16/h3-7,14,17H,8-13H2,1-2H3. The van der Waals surface area contributed by atoms with Crippen LogP contribution in [-0.2, 0) is 6.54 Å². The van der Waals surface area contributed by atoms with Gasteiger partial charge >= 0.3 is 0 Å². The number of nitrogens with zero attached hydrogens (tertiary/aromatic N) is 3. The molecule has 1 fully saturated rings. The zero-order valence-corrected chi connectivity index (χ0v) is 14.4. The summed E-state index contributed by atoms with van der Waals surface area (Å²) in [6.07, 6.45) is 2.59. The van der Waals surface area contributed by atoms with Crippen LogP contribution in [0.15, 0.2) is 35.7 Å². The molecule has 0 saturated carbocycles. The van der Waals surface area contributed by atoms with Gasteiger partial charge in [0.15, 0.2) is 5.13 Å². The Hall–Kier alpha value is -1.39. The summed E-state index contributed by atoms with van der Waals surface area (Å²) in [5.41, 5.74) is 2.56. The van der Waals surface area contributed by atoms with Crippen molar-refractivity contribution in [2.45, 2.75) is 26.3 Å². The average molecular weight is 315 g/mol. The third kappa shape index (κ3) is 4.08. The minimum Gasteiger partial charge on any atom is -0.351 e. The summed E-state index contributed by atoms with van der Waals surface area (Å²) in [6, 6.07) is 10.8. The van der Waals surface area contributed by atoms with Gasteiger partial charge in [-0.2, -0.15) is 0 Å². The van der Waals surface area contributed by atoms with Gasteiger partial charge in [0.2, 0.25) is 0 Å². The molecule has 0 atom stereocenters. The molecule has 3 rings (SSSR count). The van der Waals surface area contributed by atoms with E-state index in [0.717, 1.165) is 29.8 Å². The van der Waals surface area contributed by atoms with Crippen molar-refractivity contribution in [3.8, 4) is 0 Å². The summed E-state index contributed by atoms with van der Waals surface area (Å²) in [5, 5.41) is 3.29. The third-order valence-electron chi connectivity index (χ3n) is 4.42. The Bertz CT molecular complexity index is 573. The first-order chi connectivity index (χ1) is 10.7. The van der Waals surface area contributed by atoms with Crippen LogP contribution in [0.4, 0.5) is 5.13 Å². The summed E-state index contributed by atoms with van der Waals surface area (Å²) >= 11 is 1.75. The number of hydrogen-bond acceptors (Lipinski definition) is 4. The second kappa shape index (κ2) is 7.25. The maximum atomic E-state index is 4.58. The lowest BCUT2D eigenvalue weighted by Gasteiger charge is -2.33. The molecule has 0 bridgehead atoms. The molecule has 0 spiro atoms. The fourth-order valence-corrected chi connectivity index (χ4v) is 3.93. The number of piperidine rings is 1. The molecule has 3 nitrogen and oxygen atoms in total. The minimum atomic E-state index is 0.793. The number of aryl methyl sites for hydroxylation is 1. The van der Waals surface area contributed by atoms with E-state index in [0.29, 0.717) is 0 Å². The Morgan fingerprint density at radius 1 is 1.23 bits per heavy atom. The Morgan fingerprint density at radius 2 is 1.95 bits per heavy atom. The highest BCUT2D eigenvalue weighted by atomic mass is 32.1. The molecule has 118 valence electrons. The van der Waals surface area contributed by atoms with E-state index in [1.165, 1.54) is 31.5 Å². The van der Waals surface area contributed by atoms with Crippen molar-refractivity contribution >= 4 is 16.5 Å². The summed E-state index contributed by atoms with van der Waals surface area (Å²) in [5.74, 6) is 0.793. The Balaban J connectivity index is 1.45. The lowest BCUT2D eigenvalue weighted by atomic mass is 9.96. The van der Waals surface area contributed by atoms with Crippen LogP contribution in [0.3, 0.4) is 0 Å². The molecule has 0 radical (unpaired) electrons. The van der Waals surface area contributed by atoms with Crippen molar-refractivity contribution in [1.82, 2.24) is 9.88 Å². The minimum absolute atomic E-state index is 0.793. The third-order valence-corrected chi connectivity index (χ3v) is 5.49. The number of hydrogen-bond donors (Lipinski definition) is 0. The molecule has 2 aromatic rings. The molecule has 0 amide bonds. The number of likely N-dealkylation sites (tertiary alicyclic amines) is 1. The van der Waals surface area contributed by atoms with Gasteiger partial charge in [0.05, 0.1) is 5.69 Å². The first kappa shape index (κ1) is 15.5. The summed E-state index contributed by atoms with van der Waals surface area (Å²) < 4.78 is 0. The van der Waals surface area contributed by atoms with E-state index in [9.17, 15) is 0 Å². The molecule has 1 saturated heterocycles. The van der Waals surface area contributed by atoms with Crippen LogP contribution in [0.1, 0.15) is 24.1 Å². The van der Waals surface area contributed by atoms with Crippen molar-refractivity contribution in [3.63, 3.8) is 0 Å². The normalized spacial score (nSPS) is 16.8. The van der Waals surface area contributed by atoms with Gasteiger partial charge in [0.1, 0.15) is 0 Å². The van der Waals surface area contributed by atoms with E-state index in [2.05, 4.69) is 64.5 Å².